The van der Waals surface area contributed by atoms with Crippen molar-refractivity contribution in [2.24, 2.45) is 0 Å². The molecule has 0 bridgehead atoms. The largest absolute Gasteiger partial charge is 0.342 e. The van der Waals surface area contributed by atoms with Crippen molar-refractivity contribution in [2.75, 3.05) is 32.7 Å². The van der Waals surface area contributed by atoms with Gasteiger partial charge in [-0.2, -0.15) is 0 Å². The molecule has 0 saturated carbocycles. The van der Waals surface area contributed by atoms with E-state index in [1.807, 2.05) is 4.90 Å². The number of rotatable bonds is 8. The Morgan fingerprint density at radius 3 is 2.47 bits per heavy atom. The minimum atomic E-state index is 0.00208. The molecule has 0 spiro atoms. The van der Waals surface area contributed by atoms with Gasteiger partial charge in [-0.15, -0.1) is 0 Å². The first-order valence-electron chi connectivity index (χ1n) is 7.90. The molecule has 1 amide bonds. The van der Waals surface area contributed by atoms with E-state index in [-0.39, 0.29) is 11.9 Å². The van der Waals surface area contributed by atoms with Crippen LogP contribution in [-0.2, 0) is 4.79 Å². The minimum Gasteiger partial charge on any atom is -0.342 e. The molecule has 4 nitrogen and oxygen atoms in total. The van der Waals surface area contributed by atoms with Crippen LogP contribution in [0.5, 0.6) is 0 Å². The van der Waals surface area contributed by atoms with E-state index in [9.17, 15) is 4.79 Å². The SMILES string of the molecule is CCCN(CC1CCCN1)C(C)C(=O)N(CC)CC. The van der Waals surface area contributed by atoms with Gasteiger partial charge < -0.3 is 10.2 Å². The molecule has 1 aliphatic heterocycles. The Bertz CT molecular complexity index is 260. The summed E-state index contributed by atoms with van der Waals surface area (Å²) < 4.78 is 0. The molecule has 1 heterocycles. The first kappa shape index (κ1) is 16.4. The monoisotopic (exact) mass is 269 g/mol. The highest BCUT2D eigenvalue weighted by Crippen LogP contribution is 2.11. The lowest BCUT2D eigenvalue weighted by Gasteiger charge is -2.33. The molecule has 1 rings (SSSR count). The van der Waals surface area contributed by atoms with Crippen molar-refractivity contribution in [1.82, 2.24) is 15.1 Å². The zero-order chi connectivity index (χ0) is 14.3. The molecule has 0 aromatic heterocycles. The van der Waals surface area contributed by atoms with Gasteiger partial charge in [-0.3, -0.25) is 9.69 Å². The predicted octanol–water partition coefficient (Wildman–Crippen LogP) is 1.71. The van der Waals surface area contributed by atoms with Crippen LogP contribution < -0.4 is 5.32 Å². The van der Waals surface area contributed by atoms with Gasteiger partial charge in [0.25, 0.3) is 0 Å². The van der Waals surface area contributed by atoms with Crippen molar-refractivity contribution < 1.29 is 4.79 Å². The number of hydrogen-bond acceptors (Lipinski definition) is 3. The van der Waals surface area contributed by atoms with Crippen LogP contribution in [0.3, 0.4) is 0 Å². The van der Waals surface area contributed by atoms with Crippen LogP contribution in [0.1, 0.15) is 47.0 Å². The van der Waals surface area contributed by atoms with Crippen molar-refractivity contribution in [2.45, 2.75) is 59.0 Å². The van der Waals surface area contributed by atoms with Crippen LogP contribution in [0.15, 0.2) is 0 Å². The highest BCUT2D eigenvalue weighted by molar-refractivity contribution is 5.81. The van der Waals surface area contributed by atoms with E-state index in [1.54, 1.807) is 0 Å². The first-order chi connectivity index (χ1) is 9.13. The highest BCUT2D eigenvalue weighted by Gasteiger charge is 2.27. The lowest BCUT2D eigenvalue weighted by molar-refractivity contribution is -0.136. The second-order valence-corrected chi connectivity index (χ2v) is 5.47. The van der Waals surface area contributed by atoms with Gasteiger partial charge >= 0.3 is 0 Å². The Morgan fingerprint density at radius 2 is 2.00 bits per heavy atom. The van der Waals surface area contributed by atoms with E-state index in [2.05, 4.69) is 37.9 Å². The summed E-state index contributed by atoms with van der Waals surface area (Å²) in [5, 5.41) is 3.53. The van der Waals surface area contributed by atoms with Crippen molar-refractivity contribution >= 4 is 5.91 Å². The molecule has 112 valence electrons. The van der Waals surface area contributed by atoms with Gasteiger partial charge in [-0.05, 0) is 53.1 Å². The van der Waals surface area contributed by atoms with Crippen molar-refractivity contribution in [3.05, 3.63) is 0 Å². The van der Waals surface area contributed by atoms with Crippen LogP contribution in [0, 0.1) is 0 Å². The second kappa shape index (κ2) is 8.54. The van der Waals surface area contributed by atoms with Crippen molar-refractivity contribution in [1.29, 1.82) is 0 Å². The van der Waals surface area contributed by atoms with Crippen LogP contribution in [0.4, 0.5) is 0 Å². The zero-order valence-electron chi connectivity index (χ0n) is 13.1. The lowest BCUT2D eigenvalue weighted by atomic mass is 10.1. The summed E-state index contributed by atoms with van der Waals surface area (Å²) in [6, 6.07) is 0.570. The number of carbonyl (C=O) groups is 1. The molecule has 0 aliphatic carbocycles. The molecule has 1 aliphatic rings. The number of carbonyl (C=O) groups excluding carboxylic acids is 1. The Balaban J connectivity index is 2.59. The minimum absolute atomic E-state index is 0.00208. The molecule has 1 N–H and O–H groups in total. The van der Waals surface area contributed by atoms with Gasteiger partial charge in [0.15, 0.2) is 0 Å². The van der Waals surface area contributed by atoms with Gasteiger partial charge in [0.2, 0.25) is 5.91 Å². The van der Waals surface area contributed by atoms with E-state index in [4.69, 9.17) is 0 Å². The van der Waals surface area contributed by atoms with Crippen LogP contribution in [-0.4, -0.2) is 60.5 Å². The Labute approximate surface area is 118 Å². The van der Waals surface area contributed by atoms with Gasteiger partial charge in [-0.25, -0.2) is 0 Å². The highest BCUT2D eigenvalue weighted by atomic mass is 16.2. The molecule has 2 unspecified atom stereocenters. The van der Waals surface area contributed by atoms with Crippen molar-refractivity contribution in [3.8, 4) is 0 Å². The summed E-state index contributed by atoms with van der Waals surface area (Å²) in [6.07, 6.45) is 3.61. The predicted molar refractivity (Wildman–Crippen MR) is 80.3 cm³/mol. The third kappa shape index (κ3) is 4.77. The summed E-state index contributed by atoms with van der Waals surface area (Å²) in [7, 11) is 0. The zero-order valence-corrected chi connectivity index (χ0v) is 13.1. The third-order valence-corrected chi connectivity index (χ3v) is 4.11. The summed E-state index contributed by atoms with van der Waals surface area (Å²) >= 11 is 0. The Kier molecular flexibility index (Phi) is 7.39. The quantitative estimate of drug-likeness (QED) is 0.728. The number of amides is 1. The molecule has 1 fully saturated rings. The third-order valence-electron chi connectivity index (χ3n) is 4.11. The molecule has 0 aromatic carbocycles. The average molecular weight is 269 g/mol. The molecule has 2 atom stereocenters. The number of likely N-dealkylation sites (N-methyl/N-ethyl adjacent to an activating group) is 1. The van der Waals surface area contributed by atoms with Gasteiger partial charge in [0.1, 0.15) is 0 Å². The maximum absolute atomic E-state index is 12.5. The lowest BCUT2D eigenvalue weighted by Crippen LogP contribution is -2.50. The number of nitrogens with one attached hydrogen (secondary N) is 1. The second-order valence-electron chi connectivity index (χ2n) is 5.47. The van der Waals surface area contributed by atoms with Gasteiger partial charge in [0, 0.05) is 25.7 Å². The first-order valence-corrected chi connectivity index (χ1v) is 7.90. The van der Waals surface area contributed by atoms with Gasteiger partial charge in [0.05, 0.1) is 6.04 Å². The normalized spacial score (nSPS) is 20.8. The van der Waals surface area contributed by atoms with E-state index in [0.717, 1.165) is 39.1 Å². The van der Waals surface area contributed by atoms with Gasteiger partial charge in [-0.1, -0.05) is 6.92 Å². The molecule has 1 saturated heterocycles. The summed E-state index contributed by atoms with van der Waals surface area (Å²) in [6.45, 7) is 13.1. The summed E-state index contributed by atoms with van der Waals surface area (Å²) in [5.41, 5.74) is 0. The summed E-state index contributed by atoms with van der Waals surface area (Å²) in [5.74, 6) is 0.274. The number of hydrogen-bond donors (Lipinski definition) is 1. The maximum Gasteiger partial charge on any atom is 0.239 e. The molecular formula is C15H31N3O. The molecule has 4 heteroatoms. The van der Waals surface area contributed by atoms with E-state index in [0.29, 0.717) is 6.04 Å². The maximum atomic E-state index is 12.5. The molecular weight excluding hydrogens is 238 g/mol. The van der Waals surface area contributed by atoms with Crippen LogP contribution in [0.2, 0.25) is 0 Å². The van der Waals surface area contributed by atoms with E-state index < -0.39 is 0 Å². The van der Waals surface area contributed by atoms with E-state index in [1.165, 1.54) is 12.8 Å². The Morgan fingerprint density at radius 1 is 1.32 bits per heavy atom. The number of nitrogens with zero attached hydrogens (tertiary/aromatic N) is 2. The topological polar surface area (TPSA) is 35.6 Å². The fourth-order valence-corrected chi connectivity index (χ4v) is 2.88. The fourth-order valence-electron chi connectivity index (χ4n) is 2.88. The summed E-state index contributed by atoms with van der Waals surface area (Å²) in [4.78, 5) is 16.7. The van der Waals surface area contributed by atoms with Crippen LogP contribution in [0.25, 0.3) is 0 Å². The average Bonchev–Trinajstić information content (AvgIpc) is 2.91. The standard InChI is InChI=1S/C15H31N3O/c1-5-11-18(12-14-9-8-10-16-14)13(4)15(19)17(6-2)7-3/h13-14,16H,5-12H2,1-4H3. The molecule has 0 radical (unpaired) electrons. The molecule has 0 aromatic rings. The Hall–Kier alpha value is -0.610. The van der Waals surface area contributed by atoms with E-state index >= 15 is 0 Å². The fraction of sp³-hybridized carbons (Fsp3) is 0.933. The van der Waals surface area contributed by atoms with Crippen LogP contribution >= 0.6 is 0 Å². The smallest absolute Gasteiger partial charge is 0.239 e. The molecule has 19 heavy (non-hydrogen) atoms. The van der Waals surface area contributed by atoms with Crippen molar-refractivity contribution in [3.63, 3.8) is 0 Å².